The number of hydrogen-bond acceptors (Lipinski definition) is 2. The summed E-state index contributed by atoms with van der Waals surface area (Å²) in [4.78, 5) is 12.4. The lowest BCUT2D eigenvalue weighted by Crippen LogP contribution is -2.13. The first-order valence-corrected chi connectivity index (χ1v) is 8.08. The van der Waals surface area contributed by atoms with E-state index in [1.54, 1.807) is 12.1 Å². The molecule has 122 valence electrons. The van der Waals surface area contributed by atoms with Crippen LogP contribution in [0.5, 0.6) is 5.75 Å². The molecule has 2 rings (SSSR count). The molecule has 23 heavy (non-hydrogen) atoms. The van der Waals surface area contributed by atoms with Crippen LogP contribution in [-0.2, 0) is 0 Å². The predicted molar refractivity (Wildman–Crippen MR) is 95.3 cm³/mol. The van der Waals surface area contributed by atoms with Gasteiger partial charge in [-0.15, -0.1) is 0 Å². The number of ether oxygens (including phenoxy) is 1. The molecule has 3 heteroatoms. The highest BCUT2D eigenvalue weighted by atomic mass is 16.5. The Hall–Kier alpha value is -2.29. The summed E-state index contributed by atoms with van der Waals surface area (Å²) in [5.74, 6) is 1.22. The van der Waals surface area contributed by atoms with E-state index in [0.717, 1.165) is 29.0 Å². The fourth-order valence-electron chi connectivity index (χ4n) is 2.22. The molecule has 2 aromatic carbocycles. The summed E-state index contributed by atoms with van der Waals surface area (Å²) < 4.78 is 5.72. The van der Waals surface area contributed by atoms with Crippen molar-refractivity contribution in [3.63, 3.8) is 0 Å². The number of aryl methyl sites for hydroxylation is 1. The SMILES string of the molecule is Cc1cccc(NC(=O)c2cccc(OCCC(C)C)c2)c1C. The molecule has 0 radical (unpaired) electrons. The lowest BCUT2D eigenvalue weighted by molar-refractivity contribution is 0.102. The van der Waals surface area contributed by atoms with Crippen LogP contribution in [0.4, 0.5) is 5.69 Å². The van der Waals surface area contributed by atoms with Gasteiger partial charge < -0.3 is 10.1 Å². The largest absolute Gasteiger partial charge is 0.494 e. The highest BCUT2D eigenvalue weighted by Gasteiger charge is 2.09. The molecule has 1 amide bonds. The highest BCUT2D eigenvalue weighted by Crippen LogP contribution is 2.20. The normalized spacial score (nSPS) is 10.7. The predicted octanol–water partition coefficient (Wildman–Crippen LogP) is 4.98. The summed E-state index contributed by atoms with van der Waals surface area (Å²) in [6.07, 6.45) is 0.999. The van der Waals surface area contributed by atoms with Crippen molar-refractivity contribution >= 4 is 11.6 Å². The zero-order valence-electron chi connectivity index (χ0n) is 14.3. The van der Waals surface area contributed by atoms with Crippen LogP contribution in [0.3, 0.4) is 0 Å². The van der Waals surface area contributed by atoms with Crippen LogP contribution in [0, 0.1) is 19.8 Å². The Morgan fingerprint density at radius 1 is 1.13 bits per heavy atom. The summed E-state index contributed by atoms with van der Waals surface area (Å²) in [6, 6.07) is 13.2. The van der Waals surface area contributed by atoms with Crippen molar-refractivity contribution in [2.45, 2.75) is 34.1 Å². The lowest BCUT2D eigenvalue weighted by Gasteiger charge is -2.12. The van der Waals surface area contributed by atoms with E-state index >= 15 is 0 Å². The maximum Gasteiger partial charge on any atom is 0.255 e. The molecule has 1 N–H and O–H groups in total. The van der Waals surface area contributed by atoms with Gasteiger partial charge in [-0.25, -0.2) is 0 Å². The van der Waals surface area contributed by atoms with Crippen molar-refractivity contribution in [2.75, 3.05) is 11.9 Å². The third-order valence-electron chi connectivity index (χ3n) is 3.91. The number of rotatable bonds is 6. The first kappa shape index (κ1) is 17.1. The quantitative estimate of drug-likeness (QED) is 0.817. The molecule has 0 fully saturated rings. The number of carbonyl (C=O) groups excluding carboxylic acids is 1. The monoisotopic (exact) mass is 311 g/mol. The second-order valence-electron chi connectivity index (χ2n) is 6.26. The second-order valence-corrected chi connectivity index (χ2v) is 6.26. The van der Waals surface area contributed by atoms with E-state index < -0.39 is 0 Å². The minimum Gasteiger partial charge on any atom is -0.494 e. The van der Waals surface area contributed by atoms with E-state index in [0.29, 0.717) is 18.1 Å². The molecule has 3 nitrogen and oxygen atoms in total. The van der Waals surface area contributed by atoms with Crippen LogP contribution < -0.4 is 10.1 Å². The van der Waals surface area contributed by atoms with Gasteiger partial charge in [-0.2, -0.15) is 0 Å². The van der Waals surface area contributed by atoms with E-state index in [1.807, 2.05) is 44.2 Å². The van der Waals surface area contributed by atoms with E-state index in [4.69, 9.17) is 4.74 Å². The van der Waals surface area contributed by atoms with Crippen LogP contribution in [0.2, 0.25) is 0 Å². The Morgan fingerprint density at radius 2 is 1.87 bits per heavy atom. The molecule has 0 spiro atoms. The Kier molecular flexibility index (Phi) is 5.80. The van der Waals surface area contributed by atoms with Crippen molar-refractivity contribution in [1.29, 1.82) is 0 Å². The summed E-state index contributed by atoms with van der Waals surface area (Å²) in [6.45, 7) is 9.04. The first-order chi connectivity index (χ1) is 11.0. The first-order valence-electron chi connectivity index (χ1n) is 8.08. The van der Waals surface area contributed by atoms with Crippen molar-refractivity contribution in [3.05, 3.63) is 59.2 Å². The number of hydrogen-bond donors (Lipinski definition) is 1. The van der Waals surface area contributed by atoms with Crippen molar-refractivity contribution in [2.24, 2.45) is 5.92 Å². The minimum absolute atomic E-state index is 0.118. The molecule has 0 aliphatic rings. The van der Waals surface area contributed by atoms with Gasteiger partial charge in [0.25, 0.3) is 5.91 Å². The van der Waals surface area contributed by atoms with Gasteiger partial charge in [-0.05, 0) is 61.6 Å². The summed E-state index contributed by atoms with van der Waals surface area (Å²) in [5, 5.41) is 2.97. The Morgan fingerprint density at radius 3 is 2.61 bits per heavy atom. The topological polar surface area (TPSA) is 38.3 Å². The molecule has 0 heterocycles. The molecule has 0 saturated carbocycles. The average Bonchev–Trinajstić information content (AvgIpc) is 2.52. The maximum absolute atomic E-state index is 12.4. The maximum atomic E-state index is 12.4. The van der Waals surface area contributed by atoms with Crippen molar-refractivity contribution < 1.29 is 9.53 Å². The number of benzene rings is 2. The minimum atomic E-state index is -0.118. The Balaban J connectivity index is 2.06. The van der Waals surface area contributed by atoms with Gasteiger partial charge in [-0.1, -0.05) is 32.0 Å². The van der Waals surface area contributed by atoms with Crippen LogP contribution in [0.1, 0.15) is 41.8 Å². The molecule has 0 saturated heterocycles. The highest BCUT2D eigenvalue weighted by molar-refractivity contribution is 6.04. The van der Waals surface area contributed by atoms with Crippen molar-refractivity contribution in [1.82, 2.24) is 0 Å². The fraction of sp³-hybridized carbons (Fsp3) is 0.350. The van der Waals surface area contributed by atoms with Crippen molar-refractivity contribution in [3.8, 4) is 5.75 Å². The van der Waals surface area contributed by atoms with Crippen LogP contribution >= 0.6 is 0 Å². The average molecular weight is 311 g/mol. The van der Waals surface area contributed by atoms with Gasteiger partial charge in [0.1, 0.15) is 5.75 Å². The molecule has 0 aliphatic carbocycles. The zero-order chi connectivity index (χ0) is 16.8. The summed E-state index contributed by atoms with van der Waals surface area (Å²) in [5.41, 5.74) is 3.70. The Bertz CT molecular complexity index is 677. The molecule has 0 bridgehead atoms. The third kappa shape index (κ3) is 4.85. The number of amides is 1. The Labute approximate surface area is 138 Å². The molecule has 0 aliphatic heterocycles. The van der Waals surface area contributed by atoms with Crippen LogP contribution in [0.15, 0.2) is 42.5 Å². The lowest BCUT2D eigenvalue weighted by atomic mass is 10.1. The summed E-state index contributed by atoms with van der Waals surface area (Å²) in [7, 11) is 0. The number of carbonyl (C=O) groups is 1. The molecule has 2 aromatic rings. The van der Waals surface area contributed by atoms with E-state index in [2.05, 4.69) is 19.2 Å². The second kappa shape index (κ2) is 7.82. The molecular formula is C20H25NO2. The zero-order valence-corrected chi connectivity index (χ0v) is 14.3. The van der Waals surface area contributed by atoms with E-state index in [9.17, 15) is 4.79 Å². The number of nitrogens with one attached hydrogen (secondary N) is 1. The van der Waals surface area contributed by atoms with Gasteiger partial charge in [-0.3, -0.25) is 4.79 Å². The molecule has 0 aromatic heterocycles. The third-order valence-corrected chi connectivity index (χ3v) is 3.91. The standard InChI is InChI=1S/C20H25NO2/c1-14(2)11-12-23-18-9-6-8-17(13-18)20(22)21-19-10-5-7-15(3)16(19)4/h5-10,13-14H,11-12H2,1-4H3,(H,21,22). The summed E-state index contributed by atoms with van der Waals surface area (Å²) >= 11 is 0. The van der Waals surface area contributed by atoms with E-state index in [1.165, 1.54) is 0 Å². The van der Waals surface area contributed by atoms with Gasteiger partial charge in [0.2, 0.25) is 0 Å². The van der Waals surface area contributed by atoms with Gasteiger partial charge >= 0.3 is 0 Å². The van der Waals surface area contributed by atoms with Gasteiger partial charge in [0.05, 0.1) is 6.61 Å². The molecular weight excluding hydrogens is 286 g/mol. The molecule has 0 atom stereocenters. The fourth-order valence-corrected chi connectivity index (χ4v) is 2.22. The smallest absolute Gasteiger partial charge is 0.255 e. The van der Waals surface area contributed by atoms with Crippen LogP contribution in [0.25, 0.3) is 0 Å². The molecule has 0 unspecified atom stereocenters. The van der Waals surface area contributed by atoms with Crippen LogP contribution in [-0.4, -0.2) is 12.5 Å². The van der Waals surface area contributed by atoms with Gasteiger partial charge in [0, 0.05) is 11.3 Å². The van der Waals surface area contributed by atoms with Gasteiger partial charge in [0.15, 0.2) is 0 Å². The number of anilines is 1. The van der Waals surface area contributed by atoms with E-state index in [-0.39, 0.29) is 5.91 Å².